The molecule has 1 atom stereocenters. The molecule has 0 bridgehead atoms. The molecule has 0 aromatic heterocycles. The number of hydrogen-bond acceptors (Lipinski definition) is 3. The lowest BCUT2D eigenvalue weighted by atomic mass is 10.0. The van der Waals surface area contributed by atoms with Crippen LogP contribution in [-0.2, 0) is 10.0 Å². The van der Waals surface area contributed by atoms with Crippen molar-refractivity contribution in [3.05, 3.63) is 95.1 Å². The number of sulfonamides is 1. The van der Waals surface area contributed by atoms with E-state index in [1.807, 2.05) is 13.0 Å². The molecule has 0 fully saturated rings. The average Bonchev–Trinajstić information content (AvgIpc) is 2.77. The van der Waals surface area contributed by atoms with E-state index in [1.54, 1.807) is 61.5 Å². The standard InChI is InChI=1S/C25H28N2O3S/c1-5-27(31(29,30)24-9-7-6-8-10-24)23-15-13-21(14-16-23)25(28)26-20(4)22-12-11-18(2)19(3)17-22/h6-17,20H,5H2,1-4H3,(H,26,28)/t20-/m1/s1. The first-order chi connectivity index (χ1) is 14.7. The minimum absolute atomic E-state index is 0.142. The molecule has 0 unspecified atom stereocenters. The summed E-state index contributed by atoms with van der Waals surface area (Å²) in [5, 5.41) is 3.01. The second kappa shape index (κ2) is 9.35. The van der Waals surface area contributed by atoms with Gasteiger partial charge in [-0.1, -0.05) is 36.4 Å². The Morgan fingerprint density at radius 2 is 1.58 bits per heavy atom. The molecule has 0 aliphatic rings. The summed E-state index contributed by atoms with van der Waals surface area (Å²) in [6.07, 6.45) is 0. The minimum Gasteiger partial charge on any atom is -0.346 e. The third-order valence-corrected chi connectivity index (χ3v) is 7.33. The van der Waals surface area contributed by atoms with Gasteiger partial charge in [0.05, 0.1) is 16.6 Å². The van der Waals surface area contributed by atoms with Gasteiger partial charge in [-0.3, -0.25) is 9.10 Å². The summed E-state index contributed by atoms with van der Waals surface area (Å²) in [5.41, 5.74) is 4.43. The highest BCUT2D eigenvalue weighted by Crippen LogP contribution is 2.24. The van der Waals surface area contributed by atoms with Crippen molar-refractivity contribution in [1.29, 1.82) is 0 Å². The van der Waals surface area contributed by atoms with E-state index >= 15 is 0 Å². The van der Waals surface area contributed by atoms with E-state index in [4.69, 9.17) is 0 Å². The fourth-order valence-corrected chi connectivity index (χ4v) is 4.88. The van der Waals surface area contributed by atoms with Crippen molar-refractivity contribution in [2.75, 3.05) is 10.8 Å². The topological polar surface area (TPSA) is 66.5 Å². The van der Waals surface area contributed by atoms with Gasteiger partial charge >= 0.3 is 0 Å². The number of nitrogens with one attached hydrogen (secondary N) is 1. The van der Waals surface area contributed by atoms with E-state index in [9.17, 15) is 13.2 Å². The Balaban J connectivity index is 1.77. The van der Waals surface area contributed by atoms with E-state index in [-0.39, 0.29) is 23.4 Å². The Morgan fingerprint density at radius 3 is 2.16 bits per heavy atom. The van der Waals surface area contributed by atoms with Crippen LogP contribution >= 0.6 is 0 Å². The molecule has 0 aliphatic heterocycles. The Morgan fingerprint density at radius 1 is 0.935 bits per heavy atom. The van der Waals surface area contributed by atoms with Crippen LogP contribution in [0.5, 0.6) is 0 Å². The molecule has 0 saturated heterocycles. The molecular weight excluding hydrogens is 408 g/mol. The molecule has 5 nitrogen and oxygen atoms in total. The molecule has 1 amide bonds. The van der Waals surface area contributed by atoms with Gasteiger partial charge in [0, 0.05) is 12.1 Å². The highest BCUT2D eigenvalue weighted by molar-refractivity contribution is 7.92. The summed E-state index contributed by atoms with van der Waals surface area (Å²) < 4.78 is 27.3. The Bertz CT molecular complexity index is 1160. The fraction of sp³-hybridized carbons (Fsp3) is 0.240. The summed E-state index contributed by atoms with van der Waals surface area (Å²) in [7, 11) is -3.67. The molecule has 1 N–H and O–H groups in total. The number of carbonyl (C=O) groups is 1. The zero-order valence-corrected chi connectivity index (χ0v) is 19.1. The van der Waals surface area contributed by atoms with E-state index in [1.165, 1.54) is 15.4 Å². The molecule has 6 heteroatoms. The highest BCUT2D eigenvalue weighted by Gasteiger charge is 2.23. The van der Waals surface area contributed by atoms with Crippen LogP contribution in [0.25, 0.3) is 0 Å². The Labute approximate surface area is 184 Å². The van der Waals surface area contributed by atoms with Crippen LogP contribution in [0.1, 0.15) is 46.9 Å². The molecule has 3 aromatic rings. The maximum atomic E-state index is 13.0. The molecule has 0 heterocycles. The maximum Gasteiger partial charge on any atom is 0.264 e. The van der Waals surface area contributed by atoms with E-state index in [2.05, 4.69) is 31.3 Å². The third-order valence-electron chi connectivity index (χ3n) is 5.41. The van der Waals surface area contributed by atoms with Crippen molar-refractivity contribution < 1.29 is 13.2 Å². The first-order valence-electron chi connectivity index (χ1n) is 10.3. The largest absolute Gasteiger partial charge is 0.346 e. The van der Waals surface area contributed by atoms with Gasteiger partial charge in [0.2, 0.25) is 0 Å². The van der Waals surface area contributed by atoms with Gasteiger partial charge in [0.15, 0.2) is 0 Å². The van der Waals surface area contributed by atoms with Crippen molar-refractivity contribution in [2.45, 2.75) is 38.6 Å². The summed E-state index contributed by atoms with van der Waals surface area (Å²) in [5.74, 6) is -0.203. The number of benzene rings is 3. The summed E-state index contributed by atoms with van der Waals surface area (Å²) in [6, 6.07) is 21.0. The number of nitrogens with zero attached hydrogens (tertiary/aromatic N) is 1. The normalized spacial score (nSPS) is 12.3. The second-order valence-corrected chi connectivity index (χ2v) is 9.43. The summed E-state index contributed by atoms with van der Waals surface area (Å²) >= 11 is 0. The maximum absolute atomic E-state index is 13.0. The zero-order chi connectivity index (χ0) is 22.6. The minimum atomic E-state index is -3.67. The van der Waals surface area contributed by atoms with E-state index in [0.29, 0.717) is 11.3 Å². The van der Waals surface area contributed by atoms with Crippen LogP contribution in [0, 0.1) is 13.8 Å². The van der Waals surface area contributed by atoms with Gasteiger partial charge < -0.3 is 5.32 Å². The lowest BCUT2D eigenvalue weighted by Gasteiger charge is -2.23. The number of amides is 1. The van der Waals surface area contributed by atoms with Gasteiger partial charge in [0.1, 0.15) is 0 Å². The molecule has 162 valence electrons. The Hall–Kier alpha value is -3.12. The number of rotatable bonds is 7. The predicted octanol–water partition coefficient (Wildman–Crippen LogP) is 5.01. The van der Waals surface area contributed by atoms with Crippen LogP contribution < -0.4 is 9.62 Å². The molecule has 0 radical (unpaired) electrons. The van der Waals surface area contributed by atoms with Gasteiger partial charge in [-0.25, -0.2) is 8.42 Å². The Kier molecular flexibility index (Phi) is 6.81. The number of aryl methyl sites for hydroxylation is 2. The quantitative estimate of drug-likeness (QED) is 0.566. The summed E-state index contributed by atoms with van der Waals surface area (Å²) in [4.78, 5) is 12.9. The van der Waals surface area contributed by atoms with Gasteiger partial charge in [-0.05, 0) is 80.8 Å². The van der Waals surface area contributed by atoms with Crippen molar-refractivity contribution in [3.63, 3.8) is 0 Å². The first-order valence-corrected chi connectivity index (χ1v) is 11.7. The van der Waals surface area contributed by atoms with Gasteiger partial charge in [-0.2, -0.15) is 0 Å². The van der Waals surface area contributed by atoms with Crippen molar-refractivity contribution in [3.8, 4) is 0 Å². The van der Waals surface area contributed by atoms with Crippen LogP contribution in [0.15, 0.2) is 77.7 Å². The van der Waals surface area contributed by atoms with E-state index in [0.717, 1.165) is 5.56 Å². The second-order valence-electron chi connectivity index (χ2n) is 7.57. The van der Waals surface area contributed by atoms with Crippen LogP contribution in [0.4, 0.5) is 5.69 Å². The molecule has 0 aliphatic carbocycles. The number of carbonyl (C=O) groups excluding carboxylic acids is 1. The lowest BCUT2D eigenvalue weighted by molar-refractivity contribution is 0.0940. The van der Waals surface area contributed by atoms with Crippen molar-refractivity contribution in [1.82, 2.24) is 5.32 Å². The molecular formula is C25H28N2O3S. The average molecular weight is 437 g/mol. The molecule has 3 rings (SSSR count). The fourth-order valence-electron chi connectivity index (χ4n) is 3.39. The van der Waals surface area contributed by atoms with E-state index < -0.39 is 10.0 Å². The number of anilines is 1. The monoisotopic (exact) mass is 436 g/mol. The molecule has 31 heavy (non-hydrogen) atoms. The predicted molar refractivity (Wildman–Crippen MR) is 125 cm³/mol. The van der Waals surface area contributed by atoms with Gasteiger partial charge in [0.25, 0.3) is 15.9 Å². The SMILES string of the molecule is CCN(c1ccc(C(=O)N[C@H](C)c2ccc(C)c(C)c2)cc1)S(=O)(=O)c1ccccc1. The van der Waals surface area contributed by atoms with Crippen LogP contribution in [0.3, 0.4) is 0 Å². The first kappa shape index (κ1) is 22.6. The smallest absolute Gasteiger partial charge is 0.264 e. The molecule has 0 saturated carbocycles. The lowest BCUT2D eigenvalue weighted by Crippen LogP contribution is -2.31. The zero-order valence-electron chi connectivity index (χ0n) is 18.3. The van der Waals surface area contributed by atoms with Crippen LogP contribution in [-0.4, -0.2) is 20.9 Å². The molecule has 0 spiro atoms. The highest BCUT2D eigenvalue weighted by atomic mass is 32.2. The van der Waals surface area contributed by atoms with Crippen molar-refractivity contribution >= 4 is 21.6 Å². The van der Waals surface area contributed by atoms with Gasteiger partial charge in [-0.15, -0.1) is 0 Å². The summed E-state index contributed by atoms with van der Waals surface area (Å²) in [6.45, 7) is 8.12. The van der Waals surface area contributed by atoms with Crippen molar-refractivity contribution in [2.24, 2.45) is 0 Å². The number of hydrogen-bond donors (Lipinski definition) is 1. The molecule has 3 aromatic carbocycles. The van der Waals surface area contributed by atoms with Crippen LogP contribution in [0.2, 0.25) is 0 Å². The third kappa shape index (κ3) is 4.97.